The van der Waals surface area contributed by atoms with Gasteiger partial charge in [-0.2, -0.15) is 18.4 Å². The number of rotatable bonds is 4. The van der Waals surface area contributed by atoms with Crippen LogP contribution in [0.5, 0.6) is 0 Å². The molecule has 2 aromatic carbocycles. The second kappa shape index (κ2) is 8.94. The van der Waals surface area contributed by atoms with E-state index in [9.17, 15) is 18.4 Å². The number of nitriles is 1. The minimum Gasteiger partial charge on any atom is -0.240 e. The Balaban J connectivity index is 1.80. The summed E-state index contributed by atoms with van der Waals surface area (Å²) in [5.41, 5.74) is 3.63. The molecule has 1 aliphatic rings. The Morgan fingerprint density at radius 2 is 1.77 bits per heavy atom. The van der Waals surface area contributed by atoms with Gasteiger partial charge in [-0.15, -0.1) is 11.8 Å². The van der Waals surface area contributed by atoms with Gasteiger partial charge in [0.2, 0.25) is 0 Å². The molecule has 0 spiro atoms. The lowest BCUT2D eigenvalue weighted by Crippen LogP contribution is -2.11. The zero-order valence-corrected chi connectivity index (χ0v) is 18.0. The van der Waals surface area contributed by atoms with E-state index >= 15 is 0 Å². The van der Waals surface area contributed by atoms with E-state index < -0.39 is 11.7 Å². The molecule has 3 aromatic rings. The second-order valence-corrected chi connectivity index (χ2v) is 8.81. The molecule has 0 saturated heterocycles. The van der Waals surface area contributed by atoms with Crippen molar-refractivity contribution in [1.29, 1.82) is 5.26 Å². The molecule has 1 heterocycles. The number of benzene rings is 2. The van der Waals surface area contributed by atoms with Crippen molar-refractivity contribution in [3.05, 3.63) is 81.4 Å². The van der Waals surface area contributed by atoms with Gasteiger partial charge in [-0.05, 0) is 66.6 Å². The van der Waals surface area contributed by atoms with Crippen molar-refractivity contribution in [2.75, 3.05) is 0 Å². The molecular formula is C24H18ClF3N2S. The third kappa shape index (κ3) is 4.73. The fraction of sp³-hybridized carbons (Fsp3) is 0.250. The Morgan fingerprint density at radius 3 is 2.48 bits per heavy atom. The molecule has 158 valence electrons. The number of pyridine rings is 1. The zero-order chi connectivity index (χ0) is 22.0. The minimum atomic E-state index is -4.42. The first-order chi connectivity index (χ1) is 14.9. The Kier molecular flexibility index (Phi) is 6.27. The third-order valence-corrected chi connectivity index (χ3v) is 6.60. The number of aromatic nitrogens is 1. The van der Waals surface area contributed by atoms with Gasteiger partial charge in [0, 0.05) is 16.3 Å². The van der Waals surface area contributed by atoms with E-state index in [1.54, 1.807) is 12.1 Å². The number of alkyl halides is 3. The fourth-order valence-electron chi connectivity index (χ4n) is 3.88. The lowest BCUT2D eigenvalue weighted by molar-refractivity contribution is -0.137. The average molecular weight is 459 g/mol. The molecule has 4 rings (SSSR count). The molecule has 0 aliphatic heterocycles. The van der Waals surface area contributed by atoms with Gasteiger partial charge in [-0.1, -0.05) is 35.9 Å². The van der Waals surface area contributed by atoms with Crippen molar-refractivity contribution in [1.82, 2.24) is 4.98 Å². The maximum absolute atomic E-state index is 13.3. The van der Waals surface area contributed by atoms with E-state index in [0.717, 1.165) is 48.1 Å². The van der Waals surface area contributed by atoms with E-state index in [2.05, 4.69) is 6.07 Å². The summed E-state index contributed by atoms with van der Waals surface area (Å²) in [6.45, 7) is 0. The van der Waals surface area contributed by atoms with Crippen molar-refractivity contribution in [2.24, 2.45) is 0 Å². The van der Waals surface area contributed by atoms with Gasteiger partial charge in [0.05, 0.1) is 16.8 Å². The summed E-state index contributed by atoms with van der Waals surface area (Å²) in [5, 5.41) is 11.0. The van der Waals surface area contributed by atoms with E-state index in [1.165, 1.54) is 17.8 Å². The molecule has 2 nitrogen and oxygen atoms in total. The van der Waals surface area contributed by atoms with Crippen molar-refractivity contribution in [3.8, 4) is 17.3 Å². The van der Waals surface area contributed by atoms with Crippen LogP contribution in [0.3, 0.4) is 0 Å². The molecule has 0 fully saturated rings. The molecule has 0 N–H and O–H groups in total. The summed E-state index contributed by atoms with van der Waals surface area (Å²) in [5.74, 6) is 0.559. The van der Waals surface area contributed by atoms with Crippen LogP contribution in [-0.4, -0.2) is 4.98 Å². The summed E-state index contributed by atoms with van der Waals surface area (Å²) in [4.78, 5) is 4.73. The van der Waals surface area contributed by atoms with Crippen LogP contribution in [0.2, 0.25) is 5.02 Å². The Bertz CT molecular complexity index is 1170. The molecule has 7 heteroatoms. The number of hydrogen-bond donors (Lipinski definition) is 0. The second-order valence-electron chi connectivity index (χ2n) is 7.41. The van der Waals surface area contributed by atoms with Gasteiger partial charge in [-0.3, -0.25) is 0 Å². The first kappa shape index (κ1) is 21.7. The number of halogens is 4. The fourth-order valence-corrected chi connectivity index (χ4v) is 5.04. The number of thioether (sulfide) groups is 1. The first-order valence-corrected chi connectivity index (χ1v) is 11.2. The zero-order valence-electron chi connectivity index (χ0n) is 16.5. The highest BCUT2D eigenvalue weighted by molar-refractivity contribution is 7.98. The molecule has 0 atom stereocenters. The van der Waals surface area contributed by atoms with Crippen molar-refractivity contribution in [3.63, 3.8) is 0 Å². The van der Waals surface area contributed by atoms with Crippen LogP contribution in [0, 0.1) is 11.3 Å². The lowest BCUT2D eigenvalue weighted by atomic mass is 9.86. The molecular weight excluding hydrogens is 441 g/mol. The van der Waals surface area contributed by atoms with Gasteiger partial charge < -0.3 is 0 Å². The van der Waals surface area contributed by atoms with Gasteiger partial charge in [-0.25, -0.2) is 4.98 Å². The Hall–Kier alpha value is -2.49. The standard InChI is InChI=1S/C24H18ClF3N2S/c25-18-8-3-5-15(11-18)14-31-23-21(13-29)19-9-1-2-10-20(19)22(30-23)16-6-4-7-17(12-16)24(26,27)28/h3-8,11-12H,1-2,9-10,14H2. The van der Waals surface area contributed by atoms with Crippen molar-refractivity contribution in [2.45, 2.75) is 42.6 Å². The van der Waals surface area contributed by atoms with Crippen molar-refractivity contribution >= 4 is 23.4 Å². The Morgan fingerprint density at radius 1 is 1.03 bits per heavy atom. The van der Waals surface area contributed by atoms with Crippen LogP contribution in [0.4, 0.5) is 13.2 Å². The van der Waals surface area contributed by atoms with Crippen LogP contribution >= 0.6 is 23.4 Å². The van der Waals surface area contributed by atoms with Crippen LogP contribution in [0.25, 0.3) is 11.3 Å². The van der Waals surface area contributed by atoms with Gasteiger partial charge in [0.15, 0.2) is 0 Å². The molecule has 0 unspecified atom stereocenters. The minimum absolute atomic E-state index is 0.432. The Labute approximate surface area is 188 Å². The molecule has 1 aliphatic carbocycles. The number of hydrogen-bond acceptors (Lipinski definition) is 3. The quantitative estimate of drug-likeness (QED) is 0.380. The van der Waals surface area contributed by atoms with Crippen molar-refractivity contribution < 1.29 is 13.2 Å². The molecule has 1 aromatic heterocycles. The topological polar surface area (TPSA) is 36.7 Å². The monoisotopic (exact) mass is 458 g/mol. The maximum atomic E-state index is 13.3. The summed E-state index contributed by atoms with van der Waals surface area (Å²) < 4.78 is 39.9. The van der Waals surface area contributed by atoms with Gasteiger partial charge in [0.25, 0.3) is 0 Å². The van der Waals surface area contributed by atoms with Gasteiger partial charge in [0.1, 0.15) is 11.1 Å². The van der Waals surface area contributed by atoms with E-state index in [0.29, 0.717) is 39.0 Å². The molecule has 0 bridgehead atoms. The van der Waals surface area contributed by atoms with E-state index in [1.807, 2.05) is 18.2 Å². The highest BCUT2D eigenvalue weighted by atomic mass is 35.5. The normalized spacial score (nSPS) is 13.5. The highest BCUT2D eigenvalue weighted by Gasteiger charge is 2.31. The molecule has 31 heavy (non-hydrogen) atoms. The predicted molar refractivity (Wildman–Crippen MR) is 117 cm³/mol. The van der Waals surface area contributed by atoms with Crippen LogP contribution in [0.1, 0.15) is 40.7 Å². The number of fused-ring (bicyclic) bond motifs is 1. The summed E-state index contributed by atoms with van der Waals surface area (Å²) in [6, 6.07) is 15.0. The largest absolute Gasteiger partial charge is 0.416 e. The predicted octanol–water partition coefficient (Wildman–Crippen LogP) is 7.46. The maximum Gasteiger partial charge on any atom is 0.416 e. The summed E-state index contributed by atoms with van der Waals surface area (Å²) in [6.07, 6.45) is -1.10. The average Bonchev–Trinajstić information content (AvgIpc) is 2.76. The smallest absolute Gasteiger partial charge is 0.240 e. The molecule has 0 amide bonds. The summed E-state index contributed by atoms with van der Waals surface area (Å²) in [7, 11) is 0. The third-order valence-electron chi connectivity index (χ3n) is 5.32. The van der Waals surface area contributed by atoms with Crippen LogP contribution in [-0.2, 0) is 24.8 Å². The lowest BCUT2D eigenvalue weighted by Gasteiger charge is -2.22. The number of nitrogens with zero attached hydrogens (tertiary/aromatic N) is 2. The van der Waals surface area contributed by atoms with Gasteiger partial charge >= 0.3 is 6.18 Å². The summed E-state index contributed by atoms with van der Waals surface area (Å²) >= 11 is 7.48. The SMILES string of the molecule is N#Cc1c(SCc2cccc(Cl)c2)nc(-c2cccc(C(F)(F)F)c2)c2c1CCCC2. The molecule has 0 saturated carbocycles. The first-order valence-electron chi connectivity index (χ1n) is 9.87. The molecule has 0 radical (unpaired) electrons. The highest BCUT2D eigenvalue weighted by Crippen LogP contribution is 2.39. The van der Waals surface area contributed by atoms with Crippen LogP contribution in [0.15, 0.2) is 53.6 Å². The van der Waals surface area contributed by atoms with E-state index in [-0.39, 0.29) is 0 Å². The van der Waals surface area contributed by atoms with E-state index in [4.69, 9.17) is 16.6 Å². The van der Waals surface area contributed by atoms with Crippen LogP contribution < -0.4 is 0 Å².